The minimum absolute atomic E-state index is 0.0854. The quantitative estimate of drug-likeness (QED) is 0.283. The summed E-state index contributed by atoms with van der Waals surface area (Å²) in [5, 5.41) is 8.35. The van der Waals surface area contributed by atoms with Crippen molar-refractivity contribution in [1.29, 1.82) is 0 Å². The molecule has 0 saturated carbocycles. The molecule has 37 heavy (non-hydrogen) atoms. The van der Waals surface area contributed by atoms with Crippen molar-refractivity contribution in [3.8, 4) is 0 Å². The molecule has 2 aromatic carbocycles. The maximum Gasteiger partial charge on any atom is 0.289 e. The largest absolute Gasteiger partial charge is 0.346 e. The number of carbonyl (C=O) groups excluding carboxylic acids is 2. The van der Waals surface area contributed by atoms with Crippen molar-refractivity contribution in [2.75, 3.05) is 17.2 Å². The Balaban J connectivity index is 1.19. The summed E-state index contributed by atoms with van der Waals surface area (Å²) >= 11 is 0. The summed E-state index contributed by atoms with van der Waals surface area (Å²) in [6.07, 6.45) is 9.86. The second kappa shape index (κ2) is 10.2. The van der Waals surface area contributed by atoms with Crippen LogP contribution >= 0.6 is 0 Å². The van der Waals surface area contributed by atoms with E-state index in [1.807, 2.05) is 24.3 Å². The summed E-state index contributed by atoms with van der Waals surface area (Å²) in [5.74, 6) is -2.49. The molecule has 5 rings (SSSR count). The number of fused-ring (bicyclic) bond motifs is 1. The van der Waals surface area contributed by atoms with Gasteiger partial charge < -0.3 is 20.9 Å². The molecule has 1 aliphatic rings. The smallest absolute Gasteiger partial charge is 0.289 e. The van der Waals surface area contributed by atoms with Crippen LogP contribution in [0.3, 0.4) is 0 Å². The van der Waals surface area contributed by atoms with Crippen LogP contribution in [0.25, 0.3) is 17.7 Å². The topological polar surface area (TPSA) is 125 Å². The van der Waals surface area contributed by atoms with E-state index in [1.165, 1.54) is 18.3 Å². The van der Waals surface area contributed by atoms with Gasteiger partial charge in [0.2, 0.25) is 5.82 Å². The van der Waals surface area contributed by atoms with E-state index in [4.69, 9.17) is 0 Å². The van der Waals surface area contributed by atoms with Crippen molar-refractivity contribution in [2.45, 2.75) is 0 Å². The van der Waals surface area contributed by atoms with Gasteiger partial charge in [-0.25, -0.2) is 23.7 Å². The summed E-state index contributed by atoms with van der Waals surface area (Å²) in [6.45, 7) is 0.206. The first-order valence-corrected chi connectivity index (χ1v) is 11.1. The van der Waals surface area contributed by atoms with Gasteiger partial charge >= 0.3 is 0 Å². The number of aromatic amines is 1. The first-order valence-electron chi connectivity index (χ1n) is 11.1. The summed E-state index contributed by atoms with van der Waals surface area (Å²) < 4.78 is 26.5. The molecule has 0 radical (unpaired) electrons. The van der Waals surface area contributed by atoms with Crippen LogP contribution in [0.1, 0.15) is 27.4 Å². The Labute approximate surface area is 209 Å². The van der Waals surface area contributed by atoms with Crippen LogP contribution in [0.4, 0.5) is 26.0 Å². The van der Waals surface area contributed by atoms with Gasteiger partial charge in [-0.3, -0.25) is 9.59 Å². The molecule has 2 amide bonds. The van der Waals surface area contributed by atoms with Crippen molar-refractivity contribution >= 4 is 46.7 Å². The number of carbonyl (C=O) groups is 2. The Morgan fingerprint density at radius 3 is 2.78 bits per heavy atom. The third kappa shape index (κ3) is 5.40. The lowest BCUT2D eigenvalue weighted by Crippen LogP contribution is -2.25. The fourth-order valence-electron chi connectivity index (χ4n) is 3.65. The molecule has 0 unspecified atom stereocenters. The van der Waals surface area contributed by atoms with Gasteiger partial charge in [-0.1, -0.05) is 24.3 Å². The molecule has 0 aliphatic carbocycles. The highest BCUT2D eigenvalue weighted by Crippen LogP contribution is 2.33. The first-order chi connectivity index (χ1) is 18.0. The SMILES string of the molecule is O=C1Nc2cc(/C=C/CNC(=O)c3nccc(Nc4ccc(F)c(F)c4)n3)ccc2/C1=C\c1cnc[nH]1. The zero-order valence-corrected chi connectivity index (χ0v) is 19.1. The van der Waals surface area contributed by atoms with Crippen LogP contribution in [-0.4, -0.2) is 38.3 Å². The average Bonchev–Trinajstić information content (AvgIpc) is 3.52. The second-order valence-electron chi connectivity index (χ2n) is 7.96. The number of hydrogen-bond donors (Lipinski definition) is 4. The number of anilines is 3. The Bertz CT molecular complexity index is 1550. The highest BCUT2D eigenvalue weighted by Gasteiger charge is 2.24. The van der Waals surface area contributed by atoms with E-state index in [0.717, 1.165) is 29.0 Å². The number of aromatic nitrogens is 4. The molecule has 2 aromatic heterocycles. The standard InChI is InChI=1S/C26H19F2N7O2/c27-20-6-4-16(12-21(20)28)33-23-7-9-30-24(35-23)26(37)31-8-1-2-15-3-5-18-19(11-17-13-29-14-32-17)25(36)34-22(18)10-15/h1-7,9-14H,8H2,(H,29,32)(H,31,37)(H,34,36)(H,30,33,35)/b2-1+,19-11+. The van der Waals surface area contributed by atoms with Crippen LogP contribution in [0.5, 0.6) is 0 Å². The van der Waals surface area contributed by atoms with E-state index >= 15 is 0 Å². The van der Waals surface area contributed by atoms with Crippen LogP contribution < -0.4 is 16.0 Å². The highest BCUT2D eigenvalue weighted by atomic mass is 19.2. The van der Waals surface area contributed by atoms with Crippen molar-refractivity contribution in [3.05, 3.63) is 102 Å². The van der Waals surface area contributed by atoms with Gasteiger partial charge in [0, 0.05) is 35.7 Å². The van der Waals surface area contributed by atoms with E-state index in [0.29, 0.717) is 11.3 Å². The minimum atomic E-state index is -0.999. The summed E-state index contributed by atoms with van der Waals surface area (Å²) in [6, 6.07) is 10.4. The molecule has 0 bridgehead atoms. The van der Waals surface area contributed by atoms with Crippen LogP contribution in [-0.2, 0) is 4.79 Å². The fourth-order valence-corrected chi connectivity index (χ4v) is 3.65. The van der Waals surface area contributed by atoms with Crippen molar-refractivity contribution in [1.82, 2.24) is 25.3 Å². The number of nitrogens with zero attached hydrogens (tertiary/aromatic N) is 3. The number of benzene rings is 2. The number of amides is 2. The zero-order valence-electron chi connectivity index (χ0n) is 19.1. The monoisotopic (exact) mass is 499 g/mol. The van der Waals surface area contributed by atoms with Crippen LogP contribution in [0.2, 0.25) is 0 Å². The fraction of sp³-hybridized carbons (Fsp3) is 0.0385. The Morgan fingerprint density at radius 1 is 1.08 bits per heavy atom. The molecule has 1 aliphatic heterocycles. The Kier molecular flexibility index (Phi) is 6.49. The van der Waals surface area contributed by atoms with E-state index in [1.54, 1.807) is 24.7 Å². The molecule has 0 spiro atoms. The summed E-state index contributed by atoms with van der Waals surface area (Å²) in [7, 11) is 0. The van der Waals surface area contributed by atoms with E-state index in [9.17, 15) is 18.4 Å². The maximum atomic E-state index is 13.4. The lowest BCUT2D eigenvalue weighted by molar-refractivity contribution is -0.110. The average molecular weight is 499 g/mol. The molecule has 0 fully saturated rings. The lowest BCUT2D eigenvalue weighted by Gasteiger charge is -2.07. The van der Waals surface area contributed by atoms with Crippen molar-refractivity contribution in [3.63, 3.8) is 0 Å². The van der Waals surface area contributed by atoms with Gasteiger partial charge in [0.1, 0.15) is 5.82 Å². The molecular formula is C26H19F2N7O2. The van der Waals surface area contributed by atoms with Crippen molar-refractivity contribution in [2.24, 2.45) is 0 Å². The Morgan fingerprint density at radius 2 is 1.97 bits per heavy atom. The third-order valence-electron chi connectivity index (χ3n) is 5.39. The van der Waals surface area contributed by atoms with Gasteiger partial charge in [-0.2, -0.15) is 0 Å². The number of rotatable bonds is 7. The first kappa shape index (κ1) is 23.5. The van der Waals surface area contributed by atoms with Gasteiger partial charge in [0.25, 0.3) is 11.8 Å². The molecule has 0 atom stereocenters. The molecule has 11 heteroatoms. The molecule has 3 heterocycles. The molecule has 4 N–H and O–H groups in total. The number of nitrogens with one attached hydrogen (secondary N) is 4. The number of halogens is 2. The van der Waals surface area contributed by atoms with Gasteiger partial charge in [0.05, 0.1) is 23.8 Å². The highest BCUT2D eigenvalue weighted by molar-refractivity contribution is 6.34. The van der Waals surface area contributed by atoms with Gasteiger partial charge in [-0.05, 0) is 35.9 Å². The maximum absolute atomic E-state index is 13.4. The molecule has 184 valence electrons. The van der Waals surface area contributed by atoms with Gasteiger partial charge in [0.15, 0.2) is 11.6 Å². The number of imidazole rings is 1. The van der Waals surface area contributed by atoms with Gasteiger partial charge in [-0.15, -0.1) is 0 Å². The van der Waals surface area contributed by atoms with Crippen molar-refractivity contribution < 1.29 is 18.4 Å². The summed E-state index contributed by atoms with van der Waals surface area (Å²) in [4.78, 5) is 39.8. The zero-order chi connectivity index (χ0) is 25.8. The summed E-state index contributed by atoms with van der Waals surface area (Å²) in [5.41, 5.74) is 3.88. The second-order valence-corrected chi connectivity index (χ2v) is 7.96. The minimum Gasteiger partial charge on any atom is -0.346 e. The number of hydrogen-bond acceptors (Lipinski definition) is 6. The van der Waals surface area contributed by atoms with E-state index < -0.39 is 17.5 Å². The molecule has 0 saturated heterocycles. The van der Waals surface area contributed by atoms with Crippen LogP contribution in [0.15, 0.2) is 67.3 Å². The molecule has 4 aromatic rings. The lowest BCUT2D eigenvalue weighted by atomic mass is 10.0. The predicted molar refractivity (Wildman–Crippen MR) is 135 cm³/mol. The van der Waals surface area contributed by atoms with E-state index in [2.05, 4.69) is 35.9 Å². The normalized spacial score (nSPS) is 13.6. The Hall–Kier alpha value is -5.19. The van der Waals surface area contributed by atoms with E-state index in [-0.39, 0.29) is 29.8 Å². The predicted octanol–water partition coefficient (Wildman–Crippen LogP) is 4.16. The molecular weight excluding hydrogens is 480 g/mol. The number of H-pyrrole nitrogens is 1. The molecule has 9 nitrogen and oxygen atoms in total. The van der Waals surface area contributed by atoms with Crippen LogP contribution in [0, 0.1) is 11.6 Å². The third-order valence-corrected chi connectivity index (χ3v) is 5.39.